The molecule has 0 radical (unpaired) electrons. The predicted molar refractivity (Wildman–Crippen MR) is 35.7 cm³/mol. The second-order valence-electron chi connectivity index (χ2n) is 2.13. The van der Waals surface area contributed by atoms with Crippen LogP contribution in [-0.4, -0.2) is 12.7 Å². The standard InChI is InChI=1S/C7H15O.Li/c1-4-5-6-8-7(2)3;/h7H,1,4-6H2,2-3H3;/q-1;+1. The number of ether oxygens (including phenoxy) is 1. The van der Waals surface area contributed by atoms with E-state index in [9.17, 15) is 0 Å². The van der Waals surface area contributed by atoms with Crippen LogP contribution in [0.3, 0.4) is 0 Å². The van der Waals surface area contributed by atoms with Crippen molar-refractivity contribution < 1.29 is 23.6 Å². The Hall–Kier alpha value is 0.557. The molecule has 9 heavy (non-hydrogen) atoms. The van der Waals surface area contributed by atoms with E-state index in [4.69, 9.17) is 4.74 Å². The Morgan fingerprint density at radius 3 is 2.33 bits per heavy atom. The Balaban J connectivity index is 0. The molecule has 50 valence electrons. The fourth-order valence-electron chi connectivity index (χ4n) is 0.421. The maximum Gasteiger partial charge on any atom is 1.00 e. The zero-order chi connectivity index (χ0) is 6.41. The number of hydrogen-bond acceptors (Lipinski definition) is 1. The average molecular weight is 122 g/mol. The zero-order valence-corrected chi connectivity index (χ0v) is 6.81. The minimum absolute atomic E-state index is 0. The second-order valence-corrected chi connectivity index (χ2v) is 2.13. The number of unbranched alkanes of at least 4 members (excludes halogenated alkanes) is 1. The molecule has 0 heterocycles. The summed E-state index contributed by atoms with van der Waals surface area (Å²) in [5, 5.41) is 0. The van der Waals surface area contributed by atoms with Gasteiger partial charge in [-0.3, -0.25) is 0 Å². The van der Waals surface area contributed by atoms with Crippen molar-refractivity contribution in [2.24, 2.45) is 0 Å². The molecule has 0 aromatic rings. The molecule has 0 rings (SSSR count). The molecule has 0 aliphatic rings. The van der Waals surface area contributed by atoms with E-state index >= 15 is 0 Å². The van der Waals surface area contributed by atoms with E-state index in [2.05, 4.69) is 6.92 Å². The molecule has 0 aliphatic carbocycles. The number of hydrogen-bond donors (Lipinski definition) is 0. The molecule has 0 fully saturated rings. The molecule has 0 saturated carbocycles. The van der Waals surface area contributed by atoms with Crippen LogP contribution in [-0.2, 0) is 4.74 Å². The molecule has 0 unspecified atom stereocenters. The Morgan fingerprint density at radius 1 is 1.44 bits per heavy atom. The van der Waals surface area contributed by atoms with Gasteiger partial charge in [-0.05, 0) is 13.8 Å². The monoisotopic (exact) mass is 122 g/mol. The summed E-state index contributed by atoms with van der Waals surface area (Å²) in [6.07, 6.45) is 2.44. The largest absolute Gasteiger partial charge is 1.00 e. The van der Waals surface area contributed by atoms with Gasteiger partial charge in [-0.25, -0.2) is 0 Å². The van der Waals surface area contributed by atoms with Crippen LogP contribution in [0.2, 0.25) is 0 Å². The van der Waals surface area contributed by atoms with Crippen LogP contribution < -0.4 is 18.9 Å². The molecule has 0 atom stereocenters. The summed E-state index contributed by atoms with van der Waals surface area (Å²) in [4.78, 5) is 0. The second kappa shape index (κ2) is 8.56. The zero-order valence-electron chi connectivity index (χ0n) is 6.81. The SMILES string of the molecule is [CH2-]CCCOC(C)C.[Li+]. The van der Waals surface area contributed by atoms with Crippen LogP contribution in [0.1, 0.15) is 26.7 Å². The van der Waals surface area contributed by atoms with Gasteiger partial charge in [0.15, 0.2) is 0 Å². The van der Waals surface area contributed by atoms with Crippen molar-refractivity contribution in [1.29, 1.82) is 0 Å². The summed E-state index contributed by atoms with van der Waals surface area (Å²) in [5.41, 5.74) is 0. The van der Waals surface area contributed by atoms with E-state index in [1.807, 2.05) is 13.8 Å². The van der Waals surface area contributed by atoms with Gasteiger partial charge in [0.1, 0.15) is 0 Å². The van der Waals surface area contributed by atoms with Gasteiger partial charge in [-0.15, -0.1) is 0 Å². The van der Waals surface area contributed by atoms with E-state index in [0.717, 1.165) is 19.4 Å². The summed E-state index contributed by atoms with van der Waals surface area (Å²) in [7, 11) is 0. The van der Waals surface area contributed by atoms with E-state index in [-0.39, 0.29) is 18.9 Å². The van der Waals surface area contributed by atoms with E-state index < -0.39 is 0 Å². The molecule has 1 nitrogen and oxygen atoms in total. The Morgan fingerprint density at radius 2 is 2.00 bits per heavy atom. The fourth-order valence-corrected chi connectivity index (χ4v) is 0.421. The molecule has 0 aromatic carbocycles. The first-order valence-electron chi connectivity index (χ1n) is 3.18. The molecule has 0 amide bonds. The molecular formula is C7H15LiO. The Kier molecular flexibility index (Phi) is 11.7. The Labute approximate surface area is 70.3 Å². The van der Waals surface area contributed by atoms with E-state index in [1.54, 1.807) is 0 Å². The number of rotatable bonds is 4. The van der Waals surface area contributed by atoms with Crippen molar-refractivity contribution in [2.45, 2.75) is 32.8 Å². The van der Waals surface area contributed by atoms with E-state index in [1.165, 1.54) is 0 Å². The van der Waals surface area contributed by atoms with E-state index in [0.29, 0.717) is 6.10 Å². The topological polar surface area (TPSA) is 9.23 Å². The summed E-state index contributed by atoms with van der Waals surface area (Å²) in [6, 6.07) is 0. The average Bonchev–Trinajstić information content (AvgIpc) is 1.66. The van der Waals surface area contributed by atoms with Crippen molar-refractivity contribution in [3.05, 3.63) is 6.92 Å². The van der Waals surface area contributed by atoms with Gasteiger partial charge in [0.2, 0.25) is 0 Å². The van der Waals surface area contributed by atoms with Crippen molar-refractivity contribution in [1.82, 2.24) is 0 Å². The van der Waals surface area contributed by atoms with Gasteiger partial charge in [0, 0.05) is 6.61 Å². The maximum absolute atomic E-state index is 5.24. The van der Waals surface area contributed by atoms with Gasteiger partial charge >= 0.3 is 18.9 Å². The Bertz CT molecular complexity index is 46.2. The summed E-state index contributed by atoms with van der Waals surface area (Å²) in [6.45, 7) is 8.65. The van der Waals surface area contributed by atoms with Gasteiger partial charge in [-0.2, -0.15) is 6.42 Å². The first kappa shape index (κ1) is 12.3. The molecule has 0 saturated heterocycles. The van der Waals surface area contributed by atoms with Crippen LogP contribution in [0.5, 0.6) is 0 Å². The quantitative estimate of drug-likeness (QED) is 0.265. The maximum atomic E-state index is 5.24. The molecule has 0 bridgehead atoms. The summed E-state index contributed by atoms with van der Waals surface area (Å²) in [5.74, 6) is 0. The first-order chi connectivity index (χ1) is 3.77. The molecule has 0 spiro atoms. The first-order valence-corrected chi connectivity index (χ1v) is 3.18. The van der Waals surface area contributed by atoms with Gasteiger partial charge in [0.25, 0.3) is 0 Å². The van der Waals surface area contributed by atoms with Crippen LogP contribution in [0.4, 0.5) is 0 Å². The van der Waals surface area contributed by atoms with Gasteiger partial charge < -0.3 is 11.7 Å². The summed E-state index contributed by atoms with van der Waals surface area (Å²) >= 11 is 0. The third-order valence-corrected chi connectivity index (χ3v) is 0.846. The minimum atomic E-state index is 0. The van der Waals surface area contributed by atoms with Crippen molar-refractivity contribution >= 4 is 0 Å². The van der Waals surface area contributed by atoms with Crippen molar-refractivity contribution in [2.75, 3.05) is 6.61 Å². The summed E-state index contributed by atoms with van der Waals surface area (Å²) < 4.78 is 5.24. The van der Waals surface area contributed by atoms with Gasteiger partial charge in [0.05, 0.1) is 6.10 Å². The van der Waals surface area contributed by atoms with Crippen LogP contribution in [0, 0.1) is 6.92 Å². The molecule has 2 heteroatoms. The fraction of sp³-hybridized carbons (Fsp3) is 0.857. The smallest absolute Gasteiger partial charge is 0.379 e. The third kappa shape index (κ3) is 11.9. The molecule has 0 aliphatic heterocycles. The predicted octanol–water partition coefficient (Wildman–Crippen LogP) is -0.970. The van der Waals surface area contributed by atoms with Crippen LogP contribution in [0.15, 0.2) is 0 Å². The molecule has 0 aromatic heterocycles. The van der Waals surface area contributed by atoms with Crippen LogP contribution >= 0.6 is 0 Å². The van der Waals surface area contributed by atoms with Crippen LogP contribution in [0.25, 0.3) is 0 Å². The molecular weight excluding hydrogens is 107 g/mol. The molecule has 0 N–H and O–H groups in total. The normalized spacial score (nSPS) is 9.33. The van der Waals surface area contributed by atoms with Crippen molar-refractivity contribution in [3.63, 3.8) is 0 Å². The minimum Gasteiger partial charge on any atom is -0.379 e. The van der Waals surface area contributed by atoms with Crippen molar-refractivity contribution in [3.8, 4) is 0 Å². The third-order valence-electron chi connectivity index (χ3n) is 0.846. The van der Waals surface area contributed by atoms with Gasteiger partial charge in [-0.1, -0.05) is 6.42 Å².